The Bertz CT molecular complexity index is 845. The second-order valence-corrected chi connectivity index (χ2v) is 9.14. The number of piperidine rings is 2. The maximum absolute atomic E-state index is 13.1. The summed E-state index contributed by atoms with van der Waals surface area (Å²) in [6.07, 6.45) is 2.98. The number of halogens is 1. The van der Waals surface area contributed by atoms with E-state index in [9.17, 15) is 9.59 Å². The monoisotopic (exact) mass is 488 g/mol. The molecular weight excluding hydrogens is 463 g/mol. The SMILES string of the molecule is O=C1CC[C@](c2ccccc2)(C2CCN(Cc3ccc(I)cc3)CC2)C(=O)N1. The minimum atomic E-state index is -0.579. The van der Waals surface area contributed by atoms with Crippen LogP contribution in [0.25, 0.3) is 0 Å². The van der Waals surface area contributed by atoms with Crippen LogP contribution in [0.5, 0.6) is 0 Å². The van der Waals surface area contributed by atoms with Gasteiger partial charge in [-0.05, 0) is 84.1 Å². The molecule has 1 atom stereocenters. The minimum absolute atomic E-state index is 0.106. The molecule has 0 saturated carbocycles. The van der Waals surface area contributed by atoms with E-state index in [1.165, 1.54) is 9.13 Å². The average molecular weight is 488 g/mol. The van der Waals surface area contributed by atoms with E-state index in [0.717, 1.165) is 38.0 Å². The number of rotatable bonds is 4. The Balaban J connectivity index is 1.51. The van der Waals surface area contributed by atoms with Crippen LogP contribution in [0.2, 0.25) is 0 Å². The molecule has 2 fully saturated rings. The smallest absolute Gasteiger partial charge is 0.237 e. The Labute approximate surface area is 179 Å². The maximum atomic E-state index is 13.1. The summed E-state index contributed by atoms with van der Waals surface area (Å²) >= 11 is 2.33. The highest BCUT2D eigenvalue weighted by atomic mass is 127. The van der Waals surface area contributed by atoms with Gasteiger partial charge in [-0.1, -0.05) is 42.5 Å². The first-order valence-electron chi connectivity index (χ1n) is 9.94. The lowest BCUT2D eigenvalue weighted by molar-refractivity contribution is -0.140. The molecule has 2 aromatic rings. The summed E-state index contributed by atoms with van der Waals surface area (Å²) in [6, 6.07) is 18.7. The van der Waals surface area contributed by atoms with Crippen LogP contribution in [0.1, 0.15) is 36.8 Å². The van der Waals surface area contributed by atoms with Crippen LogP contribution in [0.3, 0.4) is 0 Å². The number of imide groups is 1. The number of hydrogen-bond acceptors (Lipinski definition) is 3. The van der Waals surface area contributed by atoms with Crippen molar-refractivity contribution in [3.05, 3.63) is 69.3 Å². The number of carbonyl (C=O) groups excluding carboxylic acids is 2. The molecule has 2 aliphatic heterocycles. The number of nitrogens with one attached hydrogen (secondary N) is 1. The Morgan fingerprint density at radius 1 is 1.00 bits per heavy atom. The van der Waals surface area contributed by atoms with Crippen molar-refractivity contribution in [3.63, 3.8) is 0 Å². The van der Waals surface area contributed by atoms with Crippen molar-refractivity contribution in [1.82, 2.24) is 10.2 Å². The van der Waals surface area contributed by atoms with Gasteiger partial charge in [0.15, 0.2) is 0 Å². The molecular formula is C23H25IN2O2. The fourth-order valence-corrected chi connectivity index (χ4v) is 5.15. The molecule has 2 amide bonds. The highest BCUT2D eigenvalue weighted by molar-refractivity contribution is 14.1. The highest BCUT2D eigenvalue weighted by Crippen LogP contribution is 2.44. The fraction of sp³-hybridized carbons (Fsp3) is 0.391. The second-order valence-electron chi connectivity index (χ2n) is 7.89. The first-order chi connectivity index (χ1) is 13.6. The van der Waals surface area contributed by atoms with Gasteiger partial charge < -0.3 is 0 Å². The summed E-state index contributed by atoms with van der Waals surface area (Å²) in [5.74, 6) is 0.00899. The number of hydrogen-bond donors (Lipinski definition) is 1. The fourth-order valence-electron chi connectivity index (χ4n) is 4.79. The van der Waals surface area contributed by atoms with Crippen molar-refractivity contribution in [2.24, 2.45) is 5.92 Å². The highest BCUT2D eigenvalue weighted by Gasteiger charge is 2.50. The number of carbonyl (C=O) groups is 2. The predicted molar refractivity (Wildman–Crippen MR) is 118 cm³/mol. The van der Waals surface area contributed by atoms with E-state index in [4.69, 9.17) is 0 Å². The Hall–Kier alpha value is -1.73. The maximum Gasteiger partial charge on any atom is 0.237 e. The summed E-state index contributed by atoms with van der Waals surface area (Å²) in [5.41, 5.74) is 1.80. The zero-order valence-corrected chi connectivity index (χ0v) is 18.0. The zero-order valence-electron chi connectivity index (χ0n) is 15.9. The van der Waals surface area contributed by atoms with E-state index in [1.807, 2.05) is 30.3 Å². The van der Waals surface area contributed by atoms with Gasteiger partial charge in [0.25, 0.3) is 0 Å². The lowest BCUT2D eigenvalue weighted by Gasteiger charge is -2.45. The summed E-state index contributed by atoms with van der Waals surface area (Å²) < 4.78 is 1.25. The standard InChI is InChI=1S/C23H25IN2O2/c24-20-8-6-17(7-9-20)16-26-14-11-19(12-15-26)23(18-4-2-1-3-5-18)13-10-21(27)25-22(23)28/h1-9,19H,10-16H2,(H,25,27,28)/t23-/m0/s1. The molecule has 2 aromatic carbocycles. The molecule has 4 rings (SSSR count). The van der Waals surface area contributed by atoms with Gasteiger partial charge in [0.2, 0.25) is 11.8 Å². The molecule has 1 N–H and O–H groups in total. The quantitative estimate of drug-likeness (QED) is 0.525. The van der Waals surface area contributed by atoms with E-state index in [1.54, 1.807) is 0 Å². The van der Waals surface area contributed by atoms with Crippen molar-refractivity contribution < 1.29 is 9.59 Å². The van der Waals surface area contributed by atoms with E-state index in [2.05, 4.69) is 57.1 Å². The Kier molecular flexibility index (Phi) is 5.83. The van der Waals surface area contributed by atoms with Crippen LogP contribution in [-0.2, 0) is 21.5 Å². The first kappa shape index (κ1) is 19.6. The normalized spacial score (nSPS) is 24.2. The van der Waals surface area contributed by atoms with Crippen LogP contribution in [0.15, 0.2) is 54.6 Å². The number of nitrogens with zero attached hydrogens (tertiary/aromatic N) is 1. The molecule has 0 bridgehead atoms. The molecule has 2 aliphatic rings. The van der Waals surface area contributed by atoms with Gasteiger partial charge in [-0.3, -0.25) is 19.8 Å². The molecule has 146 valence electrons. The number of amides is 2. The lowest BCUT2D eigenvalue weighted by atomic mass is 9.62. The molecule has 0 unspecified atom stereocenters. The molecule has 28 heavy (non-hydrogen) atoms. The van der Waals surface area contributed by atoms with Crippen LogP contribution in [-0.4, -0.2) is 29.8 Å². The van der Waals surface area contributed by atoms with Crippen LogP contribution >= 0.6 is 22.6 Å². The van der Waals surface area contributed by atoms with Gasteiger partial charge in [-0.2, -0.15) is 0 Å². The van der Waals surface area contributed by atoms with Gasteiger partial charge >= 0.3 is 0 Å². The van der Waals surface area contributed by atoms with Gasteiger partial charge in [0.1, 0.15) is 0 Å². The molecule has 2 saturated heterocycles. The van der Waals surface area contributed by atoms with Gasteiger partial charge in [-0.25, -0.2) is 0 Å². The van der Waals surface area contributed by atoms with Crippen LogP contribution < -0.4 is 5.32 Å². The third kappa shape index (κ3) is 3.87. The van der Waals surface area contributed by atoms with Gasteiger partial charge in [-0.15, -0.1) is 0 Å². The van der Waals surface area contributed by atoms with E-state index >= 15 is 0 Å². The van der Waals surface area contributed by atoms with Gasteiger partial charge in [0, 0.05) is 16.5 Å². The Morgan fingerprint density at radius 3 is 2.32 bits per heavy atom. The summed E-state index contributed by atoms with van der Waals surface area (Å²) in [4.78, 5) is 27.4. The Morgan fingerprint density at radius 2 is 1.68 bits per heavy atom. The molecule has 0 spiro atoms. The van der Waals surface area contributed by atoms with Crippen molar-refractivity contribution in [2.45, 2.75) is 37.6 Å². The van der Waals surface area contributed by atoms with Crippen molar-refractivity contribution in [3.8, 4) is 0 Å². The third-order valence-electron chi connectivity index (χ3n) is 6.30. The number of benzene rings is 2. The molecule has 0 aromatic heterocycles. The van der Waals surface area contributed by atoms with E-state index in [-0.39, 0.29) is 17.7 Å². The van der Waals surface area contributed by atoms with E-state index < -0.39 is 5.41 Å². The summed E-state index contributed by atoms with van der Waals surface area (Å²) in [7, 11) is 0. The van der Waals surface area contributed by atoms with Crippen molar-refractivity contribution >= 4 is 34.4 Å². The first-order valence-corrected chi connectivity index (χ1v) is 11.0. The van der Waals surface area contributed by atoms with E-state index in [0.29, 0.717) is 12.8 Å². The molecule has 5 heteroatoms. The van der Waals surface area contributed by atoms with Crippen LogP contribution in [0, 0.1) is 9.49 Å². The van der Waals surface area contributed by atoms with Gasteiger partial charge in [0.05, 0.1) is 5.41 Å². The van der Waals surface area contributed by atoms with Crippen molar-refractivity contribution in [1.29, 1.82) is 0 Å². The largest absolute Gasteiger partial charge is 0.299 e. The summed E-state index contributed by atoms with van der Waals surface area (Å²) in [5, 5.41) is 2.63. The van der Waals surface area contributed by atoms with Crippen LogP contribution in [0.4, 0.5) is 0 Å². The zero-order chi connectivity index (χ0) is 19.6. The predicted octanol–water partition coefficient (Wildman–Crippen LogP) is 3.88. The number of likely N-dealkylation sites (tertiary alicyclic amines) is 1. The lowest BCUT2D eigenvalue weighted by Crippen LogP contribution is -2.57. The second kappa shape index (κ2) is 8.33. The van der Waals surface area contributed by atoms with Crippen molar-refractivity contribution in [2.75, 3.05) is 13.1 Å². The molecule has 2 heterocycles. The summed E-state index contributed by atoms with van der Waals surface area (Å²) in [6.45, 7) is 2.91. The molecule has 0 radical (unpaired) electrons. The third-order valence-corrected chi connectivity index (χ3v) is 7.02. The molecule has 0 aliphatic carbocycles. The minimum Gasteiger partial charge on any atom is -0.299 e. The topological polar surface area (TPSA) is 49.4 Å². The average Bonchev–Trinajstić information content (AvgIpc) is 2.72. The molecule has 4 nitrogen and oxygen atoms in total.